The molecule has 0 saturated carbocycles. The molecule has 0 unspecified atom stereocenters. The Morgan fingerprint density at radius 1 is 1.20 bits per heavy atom. The van der Waals surface area contributed by atoms with E-state index >= 15 is 0 Å². The van der Waals surface area contributed by atoms with Crippen LogP contribution in [0.15, 0.2) is 48.9 Å². The summed E-state index contributed by atoms with van der Waals surface area (Å²) in [6.07, 6.45) is 7.23. The maximum absolute atomic E-state index is 12.5. The van der Waals surface area contributed by atoms with Gasteiger partial charge < -0.3 is 14.4 Å². The summed E-state index contributed by atoms with van der Waals surface area (Å²) in [5, 5.41) is 0. The monoisotopic (exact) mass is 339 g/mol. The number of nitrogens with zero attached hydrogens (tertiary/aromatic N) is 3. The molecule has 4 rings (SSSR count). The van der Waals surface area contributed by atoms with Gasteiger partial charge in [0.2, 0.25) is 0 Å². The van der Waals surface area contributed by atoms with Gasteiger partial charge in [-0.3, -0.25) is 9.78 Å². The lowest BCUT2D eigenvalue weighted by molar-refractivity contribution is -0.0396. The standard InChI is InChI=1S/C19H21N3O3/c23-18(17-13-20-8-9-21-17)22-10-6-19(7-11-22)12-16(14-24-19)25-15-4-2-1-3-5-15/h1-5,8-9,13,16H,6-7,10-12,14H2/t16-/m1/s1. The molecule has 1 atom stereocenters. The van der Waals surface area contributed by atoms with Gasteiger partial charge in [-0.1, -0.05) is 18.2 Å². The number of hydrogen-bond donors (Lipinski definition) is 0. The molecule has 1 aromatic heterocycles. The number of benzene rings is 1. The van der Waals surface area contributed by atoms with E-state index in [1.165, 1.54) is 6.20 Å². The molecule has 1 amide bonds. The zero-order valence-corrected chi connectivity index (χ0v) is 14.0. The summed E-state index contributed by atoms with van der Waals surface area (Å²) in [5.41, 5.74) is 0.231. The lowest BCUT2D eigenvalue weighted by Gasteiger charge is -2.38. The van der Waals surface area contributed by atoms with Crippen molar-refractivity contribution in [1.29, 1.82) is 0 Å². The Labute approximate surface area is 146 Å². The number of ether oxygens (including phenoxy) is 2. The molecule has 2 aliphatic heterocycles. The minimum Gasteiger partial charge on any atom is -0.488 e. The van der Waals surface area contributed by atoms with Gasteiger partial charge in [-0.15, -0.1) is 0 Å². The second-order valence-electron chi connectivity index (χ2n) is 6.63. The molecule has 2 aromatic rings. The minimum absolute atomic E-state index is 0.0574. The van der Waals surface area contributed by atoms with E-state index in [0.717, 1.165) is 25.0 Å². The average Bonchev–Trinajstić information content (AvgIpc) is 3.05. The first-order valence-corrected chi connectivity index (χ1v) is 8.65. The molecule has 0 radical (unpaired) electrons. The maximum Gasteiger partial charge on any atom is 0.274 e. The van der Waals surface area contributed by atoms with Gasteiger partial charge in [0.1, 0.15) is 17.5 Å². The summed E-state index contributed by atoms with van der Waals surface area (Å²) in [7, 11) is 0. The predicted octanol–water partition coefficient (Wildman–Crippen LogP) is 2.32. The van der Waals surface area contributed by atoms with Crippen molar-refractivity contribution < 1.29 is 14.3 Å². The van der Waals surface area contributed by atoms with Crippen LogP contribution < -0.4 is 4.74 Å². The molecule has 1 spiro atoms. The molecule has 6 heteroatoms. The number of para-hydroxylation sites is 1. The third-order valence-electron chi connectivity index (χ3n) is 4.97. The highest BCUT2D eigenvalue weighted by Gasteiger charge is 2.44. The van der Waals surface area contributed by atoms with Gasteiger partial charge in [0.15, 0.2) is 0 Å². The molecule has 1 aromatic carbocycles. The van der Waals surface area contributed by atoms with Crippen molar-refractivity contribution in [2.45, 2.75) is 31.0 Å². The Morgan fingerprint density at radius 3 is 2.72 bits per heavy atom. The van der Waals surface area contributed by atoms with E-state index in [4.69, 9.17) is 9.47 Å². The van der Waals surface area contributed by atoms with Crippen LogP contribution in [0, 0.1) is 0 Å². The number of rotatable bonds is 3. The van der Waals surface area contributed by atoms with E-state index in [-0.39, 0.29) is 17.6 Å². The van der Waals surface area contributed by atoms with E-state index in [1.807, 2.05) is 35.2 Å². The van der Waals surface area contributed by atoms with Crippen LogP contribution in [0.3, 0.4) is 0 Å². The second kappa shape index (κ2) is 6.80. The fourth-order valence-corrected chi connectivity index (χ4v) is 3.61. The Morgan fingerprint density at radius 2 is 2.00 bits per heavy atom. The van der Waals surface area contributed by atoms with E-state index in [9.17, 15) is 4.79 Å². The van der Waals surface area contributed by atoms with Crippen molar-refractivity contribution >= 4 is 5.91 Å². The zero-order valence-electron chi connectivity index (χ0n) is 14.0. The number of likely N-dealkylation sites (tertiary alicyclic amines) is 1. The average molecular weight is 339 g/mol. The van der Waals surface area contributed by atoms with Gasteiger partial charge in [0, 0.05) is 31.9 Å². The molecule has 0 aliphatic carbocycles. The third-order valence-corrected chi connectivity index (χ3v) is 4.97. The molecule has 2 fully saturated rings. The summed E-state index contributed by atoms with van der Waals surface area (Å²) in [6.45, 7) is 1.95. The number of aromatic nitrogens is 2. The van der Waals surface area contributed by atoms with Crippen molar-refractivity contribution in [3.63, 3.8) is 0 Å². The summed E-state index contributed by atoms with van der Waals surface area (Å²) < 4.78 is 12.1. The summed E-state index contributed by atoms with van der Waals surface area (Å²) >= 11 is 0. The zero-order chi connectivity index (χ0) is 17.1. The largest absolute Gasteiger partial charge is 0.488 e. The van der Waals surface area contributed by atoms with Crippen LogP contribution in [0.1, 0.15) is 29.8 Å². The van der Waals surface area contributed by atoms with Gasteiger partial charge in [-0.05, 0) is 25.0 Å². The maximum atomic E-state index is 12.5. The topological polar surface area (TPSA) is 64.6 Å². The first kappa shape index (κ1) is 16.0. The normalized spacial score (nSPS) is 22.1. The number of carbonyl (C=O) groups is 1. The molecule has 0 bridgehead atoms. The number of hydrogen-bond acceptors (Lipinski definition) is 5. The Bertz CT molecular complexity index is 715. The Balaban J connectivity index is 1.33. The van der Waals surface area contributed by atoms with Gasteiger partial charge >= 0.3 is 0 Å². The minimum atomic E-state index is -0.168. The molecule has 2 saturated heterocycles. The molecule has 130 valence electrons. The van der Waals surface area contributed by atoms with Crippen LogP contribution in [0.25, 0.3) is 0 Å². The molecule has 3 heterocycles. The lowest BCUT2D eigenvalue weighted by atomic mass is 9.88. The van der Waals surface area contributed by atoms with Crippen LogP contribution in [-0.4, -0.2) is 52.2 Å². The van der Waals surface area contributed by atoms with Crippen molar-refractivity contribution in [2.24, 2.45) is 0 Å². The van der Waals surface area contributed by atoms with Crippen LogP contribution in [0.4, 0.5) is 0 Å². The number of amides is 1. The highest BCUT2D eigenvalue weighted by atomic mass is 16.6. The number of piperidine rings is 1. The molecular weight excluding hydrogens is 318 g/mol. The fourth-order valence-electron chi connectivity index (χ4n) is 3.61. The SMILES string of the molecule is O=C(c1cnccn1)N1CCC2(CC1)C[C@@H](Oc1ccccc1)CO2. The second-order valence-corrected chi connectivity index (χ2v) is 6.63. The van der Waals surface area contributed by atoms with Crippen LogP contribution in [0.5, 0.6) is 5.75 Å². The molecule has 2 aliphatic rings. The van der Waals surface area contributed by atoms with Gasteiger partial charge in [-0.2, -0.15) is 0 Å². The predicted molar refractivity (Wildman–Crippen MR) is 91.3 cm³/mol. The smallest absolute Gasteiger partial charge is 0.274 e. The van der Waals surface area contributed by atoms with Crippen molar-refractivity contribution in [3.05, 3.63) is 54.6 Å². The van der Waals surface area contributed by atoms with Crippen LogP contribution in [0.2, 0.25) is 0 Å². The molecule has 0 N–H and O–H groups in total. The van der Waals surface area contributed by atoms with E-state index in [2.05, 4.69) is 9.97 Å². The lowest BCUT2D eigenvalue weighted by Crippen LogP contribution is -2.46. The highest BCUT2D eigenvalue weighted by Crippen LogP contribution is 2.37. The van der Waals surface area contributed by atoms with Gasteiger partial charge in [0.05, 0.1) is 18.4 Å². The van der Waals surface area contributed by atoms with E-state index in [0.29, 0.717) is 25.4 Å². The first-order chi connectivity index (χ1) is 12.2. The summed E-state index contributed by atoms with van der Waals surface area (Å²) in [5.74, 6) is 0.821. The van der Waals surface area contributed by atoms with Gasteiger partial charge in [-0.25, -0.2) is 4.98 Å². The van der Waals surface area contributed by atoms with E-state index in [1.54, 1.807) is 12.4 Å². The highest BCUT2D eigenvalue weighted by molar-refractivity contribution is 5.92. The molecular formula is C19H21N3O3. The fraction of sp³-hybridized carbons (Fsp3) is 0.421. The summed E-state index contributed by atoms with van der Waals surface area (Å²) in [6, 6.07) is 9.85. The van der Waals surface area contributed by atoms with Crippen molar-refractivity contribution in [2.75, 3.05) is 19.7 Å². The quantitative estimate of drug-likeness (QED) is 0.859. The molecule has 25 heavy (non-hydrogen) atoms. The molecule has 6 nitrogen and oxygen atoms in total. The third kappa shape index (κ3) is 3.49. The van der Waals surface area contributed by atoms with E-state index < -0.39 is 0 Å². The first-order valence-electron chi connectivity index (χ1n) is 8.65. The summed E-state index contributed by atoms with van der Waals surface area (Å²) in [4.78, 5) is 22.4. The van der Waals surface area contributed by atoms with Gasteiger partial charge in [0.25, 0.3) is 5.91 Å². The van der Waals surface area contributed by atoms with Crippen LogP contribution >= 0.6 is 0 Å². The Hall–Kier alpha value is -2.47. The van der Waals surface area contributed by atoms with Crippen LogP contribution in [-0.2, 0) is 4.74 Å². The van der Waals surface area contributed by atoms with Crippen molar-refractivity contribution in [3.8, 4) is 5.75 Å². The Kier molecular flexibility index (Phi) is 4.36. The van der Waals surface area contributed by atoms with Crippen molar-refractivity contribution in [1.82, 2.24) is 14.9 Å². The number of carbonyl (C=O) groups excluding carboxylic acids is 1.